The lowest BCUT2D eigenvalue weighted by Crippen LogP contribution is -2.43. The van der Waals surface area contributed by atoms with Crippen LogP contribution in [0.5, 0.6) is 0 Å². The summed E-state index contributed by atoms with van der Waals surface area (Å²) < 4.78 is 29.2. The molecule has 0 unspecified atom stereocenters. The van der Waals surface area contributed by atoms with Gasteiger partial charge in [-0.2, -0.15) is 11.3 Å². The molecule has 1 saturated heterocycles. The van der Waals surface area contributed by atoms with Crippen molar-refractivity contribution in [3.05, 3.63) is 34.7 Å². The Morgan fingerprint density at radius 3 is 2.75 bits per heavy atom. The maximum Gasteiger partial charge on any atom is 0.341 e. The predicted molar refractivity (Wildman–Crippen MR) is 87.9 cm³/mol. The average molecular weight is 369 g/mol. The van der Waals surface area contributed by atoms with Crippen LogP contribution in [-0.4, -0.2) is 49.0 Å². The van der Waals surface area contributed by atoms with Crippen LogP contribution in [0.2, 0.25) is 0 Å². The molecule has 4 amide bonds. The molecule has 128 valence electrons. The summed E-state index contributed by atoms with van der Waals surface area (Å²) in [5, 5.41) is 6.44. The highest BCUT2D eigenvalue weighted by Crippen LogP contribution is 2.24. The number of amides is 4. The summed E-state index contributed by atoms with van der Waals surface area (Å²) in [6.07, 6.45) is 0.932. The number of imide groups is 1. The number of hydrogen-bond donors (Lipinski definition) is 1. The molecule has 1 aliphatic rings. The van der Waals surface area contributed by atoms with Crippen molar-refractivity contribution in [2.45, 2.75) is 6.54 Å². The number of carbonyl (C=O) groups is 2. The number of carbonyl (C=O) groups excluding carboxylic acids is 2. The van der Waals surface area contributed by atoms with Crippen LogP contribution in [0, 0.1) is 0 Å². The van der Waals surface area contributed by atoms with Crippen LogP contribution in [0.4, 0.5) is 9.59 Å². The topological polar surface area (TPSA) is 99.9 Å². The first-order chi connectivity index (χ1) is 11.4. The van der Waals surface area contributed by atoms with E-state index in [9.17, 15) is 18.0 Å². The van der Waals surface area contributed by atoms with E-state index in [1.807, 2.05) is 16.8 Å². The Balaban J connectivity index is 1.59. The van der Waals surface area contributed by atoms with Gasteiger partial charge in [-0.25, -0.2) is 27.2 Å². The molecule has 0 aromatic carbocycles. The van der Waals surface area contributed by atoms with Gasteiger partial charge in [0.2, 0.25) is 10.0 Å². The second-order valence-corrected chi connectivity index (χ2v) is 7.89. The lowest BCUT2D eigenvalue weighted by molar-refractivity contribution is 0.193. The van der Waals surface area contributed by atoms with E-state index in [0.29, 0.717) is 15.8 Å². The summed E-state index contributed by atoms with van der Waals surface area (Å²) in [5.74, 6) is 1.23. The van der Waals surface area contributed by atoms with Crippen LogP contribution in [0.3, 0.4) is 0 Å². The van der Waals surface area contributed by atoms with Gasteiger partial charge >= 0.3 is 12.1 Å². The minimum Gasteiger partial charge on any atom is -0.459 e. The molecule has 0 bridgehead atoms. The SMILES string of the molecule is CS(=O)(=O)N1CCN(C(=O)NCc2ccc(-c3ccsc3)o2)C1=O. The average Bonchev–Trinajstić information content (AvgIpc) is 3.23. The molecule has 0 atom stereocenters. The zero-order chi connectivity index (χ0) is 17.3. The van der Waals surface area contributed by atoms with E-state index in [4.69, 9.17) is 4.42 Å². The Kier molecular flexibility index (Phi) is 4.33. The minimum absolute atomic E-state index is 0.0239. The number of hydrogen-bond acceptors (Lipinski definition) is 6. The van der Waals surface area contributed by atoms with E-state index in [1.54, 1.807) is 23.5 Å². The van der Waals surface area contributed by atoms with Crippen LogP contribution in [0.1, 0.15) is 5.76 Å². The van der Waals surface area contributed by atoms with Crippen molar-refractivity contribution in [2.24, 2.45) is 0 Å². The molecule has 10 heteroatoms. The highest BCUT2D eigenvalue weighted by molar-refractivity contribution is 7.88. The van der Waals surface area contributed by atoms with E-state index in [0.717, 1.165) is 16.7 Å². The van der Waals surface area contributed by atoms with Gasteiger partial charge in [0, 0.05) is 10.9 Å². The summed E-state index contributed by atoms with van der Waals surface area (Å²) in [6.45, 7) is 0.0931. The molecule has 3 rings (SSSR count). The monoisotopic (exact) mass is 369 g/mol. The van der Waals surface area contributed by atoms with Gasteiger partial charge in [0.15, 0.2) is 0 Å². The van der Waals surface area contributed by atoms with Gasteiger partial charge in [-0.1, -0.05) is 0 Å². The molecule has 3 heterocycles. The zero-order valence-electron chi connectivity index (χ0n) is 12.8. The lowest BCUT2D eigenvalue weighted by atomic mass is 10.3. The maximum absolute atomic E-state index is 12.1. The molecule has 1 fully saturated rings. The summed E-state index contributed by atoms with van der Waals surface area (Å²) in [6, 6.07) is 3.97. The van der Waals surface area contributed by atoms with Crippen molar-refractivity contribution >= 4 is 33.4 Å². The smallest absolute Gasteiger partial charge is 0.341 e. The molecular formula is C14H15N3O5S2. The third-order valence-electron chi connectivity index (χ3n) is 3.50. The van der Waals surface area contributed by atoms with E-state index in [-0.39, 0.29) is 19.6 Å². The first-order valence-electron chi connectivity index (χ1n) is 7.04. The van der Waals surface area contributed by atoms with E-state index in [1.165, 1.54) is 0 Å². The normalized spacial score (nSPS) is 15.1. The van der Waals surface area contributed by atoms with Gasteiger partial charge in [-0.15, -0.1) is 0 Å². The van der Waals surface area contributed by atoms with E-state index < -0.39 is 22.1 Å². The molecule has 0 aliphatic carbocycles. The Morgan fingerprint density at radius 1 is 1.33 bits per heavy atom. The third kappa shape index (κ3) is 3.29. The van der Waals surface area contributed by atoms with Gasteiger partial charge in [-0.05, 0) is 23.6 Å². The molecular weight excluding hydrogens is 354 g/mol. The van der Waals surface area contributed by atoms with Crippen molar-refractivity contribution in [2.75, 3.05) is 19.3 Å². The van der Waals surface area contributed by atoms with Crippen LogP contribution in [-0.2, 0) is 16.6 Å². The first-order valence-corrected chi connectivity index (χ1v) is 9.83. The number of furan rings is 1. The number of rotatable bonds is 4. The summed E-state index contributed by atoms with van der Waals surface area (Å²) in [4.78, 5) is 24.9. The van der Waals surface area contributed by atoms with Crippen molar-refractivity contribution in [3.63, 3.8) is 0 Å². The Hall–Kier alpha value is -2.33. The molecule has 0 saturated carbocycles. The van der Waals surface area contributed by atoms with Gasteiger partial charge in [0.25, 0.3) is 0 Å². The van der Waals surface area contributed by atoms with Crippen molar-refractivity contribution in [1.29, 1.82) is 0 Å². The number of nitrogens with one attached hydrogen (secondary N) is 1. The van der Waals surface area contributed by atoms with Crippen LogP contribution in [0.15, 0.2) is 33.4 Å². The van der Waals surface area contributed by atoms with Crippen LogP contribution in [0.25, 0.3) is 11.3 Å². The van der Waals surface area contributed by atoms with Gasteiger partial charge in [0.05, 0.1) is 25.9 Å². The fourth-order valence-corrected chi connectivity index (χ4v) is 3.74. The highest BCUT2D eigenvalue weighted by Gasteiger charge is 2.38. The molecule has 1 aliphatic heterocycles. The number of nitrogens with zero attached hydrogens (tertiary/aromatic N) is 2. The Labute approximate surface area is 142 Å². The summed E-state index contributed by atoms with van der Waals surface area (Å²) in [7, 11) is -3.66. The molecule has 8 nitrogen and oxygen atoms in total. The van der Waals surface area contributed by atoms with Gasteiger partial charge in [0.1, 0.15) is 11.5 Å². The van der Waals surface area contributed by atoms with Crippen molar-refractivity contribution in [3.8, 4) is 11.3 Å². The first kappa shape index (κ1) is 16.5. The molecule has 24 heavy (non-hydrogen) atoms. The molecule has 2 aromatic heterocycles. The standard InChI is InChI=1S/C14H15N3O5S2/c1-24(20,21)17-6-5-16(14(17)19)13(18)15-8-11-2-3-12(22-11)10-4-7-23-9-10/h2-4,7,9H,5-6,8H2,1H3,(H,15,18). The Morgan fingerprint density at radius 2 is 2.12 bits per heavy atom. The number of urea groups is 2. The quantitative estimate of drug-likeness (QED) is 0.887. The lowest BCUT2D eigenvalue weighted by Gasteiger charge is -2.15. The van der Waals surface area contributed by atoms with Crippen LogP contribution < -0.4 is 5.32 Å². The Bertz CT molecular complexity index is 857. The second-order valence-electron chi connectivity index (χ2n) is 5.21. The molecule has 2 aromatic rings. The fraction of sp³-hybridized carbons (Fsp3) is 0.286. The van der Waals surface area contributed by atoms with E-state index in [2.05, 4.69) is 5.32 Å². The van der Waals surface area contributed by atoms with Crippen molar-refractivity contribution in [1.82, 2.24) is 14.5 Å². The van der Waals surface area contributed by atoms with Gasteiger partial charge in [-0.3, -0.25) is 0 Å². The van der Waals surface area contributed by atoms with Crippen molar-refractivity contribution < 1.29 is 22.4 Å². The molecule has 0 radical (unpaired) electrons. The zero-order valence-corrected chi connectivity index (χ0v) is 14.4. The summed E-state index contributed by atoms with van der Waals surface area (Å²) >= 11 is 1.55. The van der Waals surface area contributed by atoms with Gasteiger partial charge < -0.3 is 9.73 Å². The number of sulfonamides is 1. The maximum atomic E-state index is 12.1. The molecule has 0 spiro atoms. The fourth-order valence-electron chi connectivity index (χ4n) is 2.30. The molecule has 1 N–H and O–H groups in total. The third-order valence-corrected chi connectivity index (χ3v) is 5.32. The summed E-state index contributed by atoms with van der Waals surface area (Å²) in [5.41, 5.74) is 0.955. The number of thiophene rings is 1. The largest absolute Gasteiger partial charge is 0.459 e. The second kappa shape index (κ2) is 6.29. The van der Waals surface area contributed by atoms with Crippen LogP contribution >= 0.6 is 11.3 Å². The van der Waals surface area contributed by atoms with E-state index >= 15 is 0 Å². The highest BCUT2D eigenvalue weighted by atomic mass is 32.2. The minimum atomic E-state index is -3.66. The predicted octanol–water partition coefficient (Wildman–Crippen LogP) is 1.91.